The van der Waals surface area contributed by atoms with E-state index in [4.69, 9.17) is 5.73 Å². The number of hydrogen-bond donors (Lipinski definition) is 2. The lowest BCUT2D eigenvalue weighted by Crippen LogP contribution is -2.47. The van der Waals surface area contributed by atoms with Gasteiger partial charge in [-0.3, -0.25) is 14.5 Å². The van der Waals surface area contributed by atoms with Gasteiger partial charge in [-0.05, 0) is 24.8 Å². The molecule has 7 heteroatoms. The maximum atomic E-state index is 12.7. The van der Waals surface area contributed by atoms with Crippen molar-refractivity contribution in [3.8, 4) is 0 Å². The van der Waals surface area contributed by atoms with Gasteiger partial charge < -0.3 is 16.0 Å². The van der Waals surface area contributed by atoms with Gasteiger partial charge in [0.1, 0.15) is 12.1 Å². The highest BCUT2D eigenvalue weighted by Crippen LogP contribution is 2.24. The van der Waals surface area contributed by atoms with Crippen molar-refractivity contribution in [3.05, 3.63) is 35.9 Å². The van der Waals surface area contributed by atoms with E-state index < -0.39 is 11.6 Å². The third-order valence-electron chi connectivity index (χ3n) is 5.01. The van der Waals surface area contributed by atoms with Crippen LogP contribution in [0.1, 0.15) is 32.3 Å². The molecule has 26 heavy (non-hydrogen) atoms. The first kappa shape index (κ1) is 19.9. The number of carbonyl (C=O) groups excluding carboxylic acids is 3. The monoisotopic (exact) mass is 360 g/mol. The molecule has 1 saturated heterocycles. The number of rotatable bonds is 9. The molecule has 1 heterocycles. The van der Waals surface area contributed by atoms with Crippen LogP contribution in [0.15, 0.2) is 30.3 Å². The van der Waals surface area contributed by atoms with Gasteiger partial charge in [0.15, 0.2) is 0 Å². The van der Waals surface area contributed by atoms with Crippen molar-refractivity contribution < 1.29 is 14.4 Å². The van der Waals surface area contributed by atoms with E-state index in [9.17, 15) is 14.4 Å². The van der Waals surface area contributed by atoms with Gasteiger partial charge in [-0.15, -0.1) is 0 Å². The first-order chi connectivity index (χ1) is 12.5. The number of nitrogens with one attached hydrogen (secondary N) is 1. The minimum atomic E-state index is -0.889. The Morgan fingerprint density at radius 3 is 2.35 bits per heavy atom. The van der Waals surface area contributed by atoms with Gasteiger partial charge in [-0.2, -0.15) is 0 Å². The van der Waals surface area contributed by atoms with Crippen LogP contribution in [-0.4, -0.2) is 59.4 Å². The Morgan fingerprint density at radius 1 is 1.15 bits per heavy atom. The van der Waals surface area contributed by atoms with Gasteiger partial charge in [0.2, 0.25) is 5.91 Å². The zero-order chi connectivity index (χ0) is 19.2. The Hall–Kier alpha value is -2.41. The number of urea groups is 1. The van der Waals surface area contributed by atoms with Crippen LogP contribution in [0.3, 0.4) is 0 Å². The zero-order valence-corrected chi connectivity index (χ0v) is 15.5. The number of benzene rings is 1. The fourth-order valence-electron chi connectivity index (χ4n) is 3.21. The van der Waals surface area contributed by atoms with Crippen molar-refractivity contribution in [2.45, 2.75) is 38.6 Å². The van der Waals surface area contributed by atoms with Crippen LogP contribution < -0.4 is 11.1 Å². The lowest BCUT2D eigenvalue weighted by atomic mass is 9.93. The molecule has 0 unspecified atom stereocenters. The molecule has 0 spiro atoms. The van der Waals surface area contributed by atoms with Crippen LogP contribution in [0.25, 0.3) is 0 Å². The van der Waals surface area contributed by atoms with E-state index in [0.29, 0.717) is 38.9 Å². The quantitative estimate of drug-likeness (QED) is 0.645. The molecule has 7 nitrogen and oxygen atoms in total. The average molecular weight is 360 g/mol. The molecular weight excluding hydrogens is 332 g/mol. The normalized spacial score (nSPS) is 15.9. The van der Waals surface area contributed by atoms with Gasteiger partial charge in [-0.1, -0.05) is 44.2 Å². The largest absolute Gasteiger partial charge is 0.340 e. The van der Waals surface area contributed by atoms with Crippen molar-refractivity contribution >= 4 is 17.8 Å². The van der Waals surface area contributed by atoms with Crippen molar-refractivity contribution in [2.75, 3.05) is 26.2 Å². The number of nitrogens with two attached hydrogens (primary N) is 1. The van der Waals surface area contributed by atoms with E-state index in [1.807, 2.05) is 44.2 Å². The number of imide groups is 1. The first-order valence-electron chi connectivity index (χ1n) is 9.13. The summed E-state index contributed by atoms with van der Waals surface area (Å²) in [6.45, 7) is 4.68. The molecule has 2 rings (SSSR count). The summed E-state index contributed by atoms with van der Waals surface area (Å²) in [6, 6.07) is 9.35. The highest BCUT2D eigenvalue weighted by molar-refractivity contribution is 6.08. The minimum Gasteiger partial charge on any atom is -0.340 e. The summed E-state index contributed by atoms with van der Waals surface area (Å²) in [4.78, 5) is 40.2. The Labute approximate surface area is 154 Å². The molecule has 0 bridgehead atoms. The van der Waals surface area contributed by atoms with Crippen LogP contribution in [0.5, 0.6) is 0 Å². The number of hydrogen-bond acceptors (Lipinski definition) is 4. The Kier molecular flexibility index (Phi) is 6.74. The third-order valence-corrected chi connectivity index (χ3v) is 5.01. The molecule has 0 saturated carbocycles. The highest BCUT2D eigenvalue weighted by atomic mass is 16.2. The number of nitrogens with zero attached hydrogens (tertiary/aromatic N) is 2. The molecule has 1 aromatic rings. The predicted octanol–water partition coefficient (Wildman–Crippen LogP) is 1.13. The maximum absolute atomic E-state index is 12.7. The van der Waals surface area contributed by atoms with Gasteiger partial charge in [0.05, 0.1) is 0 Å². The SMILES string of the molecule is CCC1(CC)NC(=O)N(CC(=O)N(CCN)CCc2ccccc2)C1=O. The average Bonchev–Trinajstić information content (AvgIpc) is 2.90. The second-order valence-electron chi connectivity index (χ2n) is 6.52. The standard InChI is InChI=1S/C19H28N4O3/c1-3-19(4-2)17(25)23(18(26)21-19)14-16(24)22(13-11-20)12-10-15-8-6-5-7-9-15/h5-9H,3-4,10-14,20H2,1-2H3,(H,21,26). The van der Waals surface area contributed by atoms with E-state index in [2.05, 4.69) is 5.32 Å². The topological polar surface area (TPSA) is 95.7 Å². The molecular formula is C19H28N4O3. The minimum absolute atomic E-state index is 0.249. The Bertz CT molecular complexity index is 643. The summed E-state index contributed by atoms with van der Waals surface area (Å²) in [5.74, 6) is -0.588. The molecule has 3 N–H and O–H groups in total. The van der Waals surface area contributed by atoms with Crippen LogP contribution >= 0.6 is 0 Å². The zero-order valence-electron chi connectivity index (χ0n) is 15.5. The van der Waals surface area contributed by atoms with Gasteiger partial charge in [0, 0.05) is 19.6 Å². The van der Waals surface area contributed by atoms with Gasteiger partial charge in [-0.25, -0.2) is 4.79 Å². The fourth-order valence-corrected chi connectivity index (χ4v) is 3.21. The predicted molar refractivity (Wildman–Crippen MR) is 99.3 cm³/mol. The van der Waals surface area contributed by atoms with Crippen molar-refractivity contribution in [3.63, 3.8) is 0 Å². The summed E-state index contributed by atoms with van der Waals surface area (Å²) in [5, 5.41) is 2.74. The highest BCUT2D eigenvalue weighted by Gasteiger charge is 2.49. The van der Waals surface area contributed by atoms with Gasteiger partial charge in [0.25, 0.3) is 5.91 Å². The van der Waals surface area contributed by atoms with Crippen LogP contribution in [0, 0.1) is 0 Å². The third kappa shape index (κ3) is 4.22. The first-order valence-corrected chi connectivity index (χ1v) is 9.13. The fraction of sp³-hybridized carbons (Fsp3) is 0.526. The lowest BCUT2D eigenvalue weighted by molar-refractivity contribution is -0.139. The Balaban J connectivity index is 2.02. The summed E-state index contributed by atoms with van der Waals surface area (Å²) in [5.41, 5.74) is 5.86. The summed E-state index contributed by atoms with van der Waals surface area (Å²) in [7, 11) is 0. The molecule has 0 radical (unpaired) electrons. The molecule has 1 aliphatic rings. The van der Waals surface area contributed by atoms with Crippen molar-refractivity contribution in [2.24, 2.45) is 5.73 Å². The second kappa shape index (κ2) is 8.80. The molecule has 1 fully saturated rings. The van der Waals surface area contributed by atoms with Crippen LogP contribution in [0.2, 0.25) is 0 Å². The van der Waals surface area contributed by atoms with E-state index >= 15 is 0 Å². The number of amides is 4. The molecule has 0 aliphatic carbocycles. The van der Waals surface area contributed by atoms with Crippen LogP contribution in [0.4, 0.5) is 4.79 Å². The van der Waals surface area contributed by atoms with Crippen molar-refractivity contribution in [1.29, 1.82) is 0 Å². The summed E-state index contributed by atoms with van der Waals surface area (Å²) in [6.07, 6.45) is 1.69. The molecule has 0 atom stereocenters. The van der Waals surface area contributed by atoms with E-state index in [1.54, 1.807) is 4.90 Å². The maximum Gasteiger partial charge on any atom is 0.325 e. The van der Waals surface area contributed by atoms with Crippen LogP contribution in [-0.2, 0) is 16.0 Å². The van der Waals surface area contributed by atoms with Crippen molar-refractivity contribution in [1.82, 2.24) is 15.1 Å². The molecule has 1 aromatic carbocycles. The molecule has 4 amide bonds. The smallest absolute Gasteiger partial charge is 0.325 e. The number of carbonyl (C=O) groups is 3. The molecule has 142 valence electrons. The van der Waals surface area contributed by atoms with E-state index in [0.717, 1.165) is 10.5 Å². The summed E-state index contributed by atoms with van der Waals surface area (Å²) < 4.78 is 0. The van der Waals surface area contributed by atoms with Gasteiger partial charge >= 0.3 is 6.03 Å². The van der Waals surface area contributed by atoms with E-state index in [1.165, 1.54) is 0 Å². The lowest BCUT2D eigenvalue weighted by Gasteiger charge is -2.25. The Morgan fingerprint density at radius 2 is 1.81 bits per heavy atom. The second-order valence-corrected chi connectivity index (χ2v) is 6.52. The molecule has 1 aliphatic heterocycles. The molecule has 0 aromatic heterocycles. The van der Waals surface area contributed by atoms with E-state index in [-0.39, 0.29) is 18.4 Å². The summed E-state index contributed by atoms with van der Waals surface area (Å²) >= 11 is 0.